The molecule has 5 unspecified atom stereocenters. The predicted molar refractivity (Wildman–Crippen MR) is 130 cm³/mol. The number of aliphatic hydroxyl groups is 1. The summed E-state index contributed by atoms with van der Waals surface area (Å²) in [5.41, 5.74) is 7.49. The lowest BCUT2D eigenvalue weighted by Crippen LogP contribution is -2.60. The van der Waals surface area contributed by atoms with E-state index in [1.807, 2.05) is 0 Å². The fraction of sp³-hybridized carbons (Fsp3) is 0.409. The van der Waals surface area contributed by atoms with E-state index in [1.54, 1.807) is 0 Å². The van der Waals surface area contributed by atoms with Crippen LogP contribution in [0.25, 0.3) is 0 Å². The molecule has 0 aliphatic heterocycles. The zero-order chi connectivity index (χ0) is 27.7. The Bertz CT molecular complexity index is 1180. The second-order valence-electron chi connectivity index (χ2n) is 8.64. The maximum absolute atomic E-state index is 13.1. The Morgan fingerprint density at radius 2 is 1.26 bits per heavy atom. The molecule has 3 rings (SSSR count). The molecule has 0 spiro atoms. The highest BCUT2D eigenvalue weighted by Gasteiger charge is 2.33. The summed E-state index contributed by atoms with van der Waals surface area (Å²) in [4.78, 5) is 70.6. The van der Waals surface area contributed by atoms with Crippen molar-refractivity contribution in [3.05, 3.63) is 54.7 Å². The van der Waals surface area contributed by atoms with E-state index in [2.05, 4.69) is 45.9 Å². The van der Waals surface area contributed by atoms with Crippen LogP contribution in [0.1, 0.15) is 24.0 Å². The number of nitrogens with zero attached hydrogens (tertiary/aromatic N) is 3. The number of aliphatic hydroxyl groups excluding tert-OH is 1. The van der Waals surface area contributed by atoms with E-state index in [-0.39, 0.29) is 19.3 Å². The van der Waals surface area contributed by atoms with Crippen LogP contribution in [-0.4, -0.2) is 94.1 Å². The number of carbonyl (C=O) groups is 4. The van der Waals surface area contributed by atoms with Crippen LogP contribution >= 0.6 is 0 Å². The smallest absolute Gasteiger partial charge is 0.326 e. The fourth-order valence-corrected chi connectivity index (χ4v) is 3.57. The quantitative estimate of drug-likeness (QED) is 0.103. The van der Waals surface area contributed by atoms with E-state index in [9.17, 15) is 29.4 Å². The number of carboxylic acids is 1. The van der Waals surface area contributed by atoms with Crippen LogP contribution in [0.4, 0.5) is 0 Å². The number of aliphatic carboxylic acids is 1. The van der Waals surface area contributed by atoms with Crippen molar-refractivity contribution in [1.29, 1.82) is 0 Å². The molecule has 38 heavy (non-hydrogen) atoms. The van der Waals surface area contributed by atoms with Gasteiger partial charge in [0, 0.05) is 54.9 Å². The molecule has 3 aromatic heterocycles. The van der Waals surface area contributed by atoms with E-state index < -0.39 is 54.0 Å². The maximum atomic E-state index is 13.1. The van der Waals surface area contributed by atoms with Crippen molar-refractivity contribution in [2.45, 2.75) is 56.5 Å². The lowest BCUT2D eigenvalue weighted by Gasteiger charge is -2.26. The van der Waals surface area contributed by atoms with Crippen molar-refractivity contribution in [3.63, 3.8) is 0 Å². The van der Waals surface area contributed by atoms with Crippen LogP contribution in [-0.2, 0) is 38.4 Å². The Morgan fingerprint density at radius 3 is 1.71 bits per heavy atom. The first-order chi connectivity index (χ1) is 18.1. The Hall–Kier alpha value is -4.57. The average molecular weight is 531 g/mol. The number of imidazole rings is 3. The Balaban J connectivity index is 1.70. The molecule has 0 fully saturated rings. The summed E-state index contributed by atoms with van der Waals surface area (Å²) < 4.78 is 0. The van der Waals surface area contributed by atoms with Crippen molar-refractivity contribution in [2.75, 3.05) is 0 Å². The number of aromatic amines is 3. The van der Waals surface area contributed by atoms with Gasteiger partial charge in [0.25, 0.3) is 0 Å². The lowest BCUT2D eigenvalue weighted by atomic mass is 10.1. The third-order valence-electron chi connectivity index (χ3n) is 5.60. The maximum Gasteiger partial charge on any atom is 0.326 e. The topological polar surface area (TPSA) is 257 Å². The van der Waals surface area contributed by atoms with Crippen LogP contribution < -0.4 is 21.7 Å². The molecule has 0 radical (unpaired) electrons. The van der Waals surface area contributed by atoms with Gasteiger partial charge in [-0.25, -0.2) is 19.7 Å². The summed E-state index contributed by atoms with van der Waals surface area (Å²) in [6.45, 7) is 1.29. The van der Waals surface area contributed by atoms with Gasteiger partial charge in [0.1, 0.15) is 18.1 Å². The number of carboxylic acid groups (broad SMARTS) is 1. The van der Waals surface area contributed by atoms with Gasteiger partial charge in [-0.2, -0.15) is 0 Å². The number of carbonyl (C=O) groups excluding carboxylic acids is 3. The van der Waals surface area contributed by atoms with E-state index in [1.165, 1.54) is 44.5 Å². The largest absolute Gasteiger partial charge is 0.480 e. The van der Waals surface area contributed by atoms with E-state index in [4.69, 9.17) is 5.73 Å². The van der Waals surface area contributed by atoms with Gasteiger partial charge >= 0.3 is 5.97 Å². The zero-order valence-electron chi connectivity index (χ0n) is 20.4. The van der Waals surface area contributed by atoms with Crippen molar-refractivity contribution in [2.24, 2.45) is 5.73 Å². The van der Waals surface area contributed by atoms with Gasteiger partial charge in [0.2, 0.25) is 17.7 Å². The molecule has 10 N–H and O–H groups in total. The minimum absolute atomic E-state index is 0.0756. The molecular formula is C22H30N10O6. The summed E-state index contributed by atoms with van der Waals surface area (Å²) in [7, 11) is 0. The van der Waals surface area contributed by atoms with E-state index in [0.717, 1.165) is 0 Å². The first-order valence-electron chi connectivity index (χ1n) is 11.6. The summed E-state index contributed by atoms with van der Waals surface area (Å²) in [6.07, 6.45) is 7.17. The minimum atomic E-state index is -1.45. The molecule has 5 atom stereocenters. The Morgan fingerprint density at radius 1 is 0.789 bits per heavy atom. The van der Waals surface area contributed by atoms with Gasteiger partial charge in [-0.1, -0.05) is 0 Å². The molecule has 3 aromatic rings. The summed E-state index contributed by atoms with van der Waals surface area (Å²) in [5.74, 6) is -3.67. The number of amides is 3. The van der Waals surface area contributed by atoms with Crippen molar-refractivity contribution >= 4 is 23.7 Å². The normalized spacial score (nSPS) is 15.0. The summed E-state index contributed by atoms with van der Waals surface area (Å²) in [5, 5.41) is 27.1. The second kappa shape index (κ2) is 13.1. The lowest BCUT2D eigenvalue weighted by molar-refractivity contribution is -0.142. The van der Waals surface area contributed by atoms with Gasteiger partial charge in [-0.15, -0.1) is 0 Å². The standard InChI is InChI=1S/C22H30N10O6/c1-11(33)18(32-19(34)15(23)2-12-5-24-8-27-12)21(36)30-16(3-13-6-25-9-28-13)20(35)31-17(22(37)38)4-14-7-26-10-29-14/h5-11,15-18,33H,2-4,23H2,1H3,(H,24,27)(H,25,28)(H,26,29)(H,30,36)(H,31,35)(H,32,34)(H,37,38). The molecule has 0 aliphatic carbocycles. The van der Waals surface area contributed by atoms with Crippen LogP contribution in [0.15, 0.2) is 37.6 Å². The van der Waals surface area contributed by atoms with Gasteiger partial charge < -0.3 is 46.8 Å². The average Bonchev–Trinajstić information content (AvgIpc) is 3.65. The van der Waals surface area contributed by atoms with Gasteiger partial charge in [-0.3, -0.25) is 14.4 Å². The van der Waals surface area contributed by atoms with Gasteiger partial charge in [-0.05, 0) is 6.92 Å². The highest BCUT2D eigenvalue weighted by molar-refractivity contribution is 5.94. The number of H-pyrrole nitrogens is 3. The SMILES string of the molecule is CC(O)C(NC(=O)C(N)Cc1cnc[nH]1)C(=O)NC(Cc1cnc[nH]1)C(=O)NC(Cc1cnc[nH]1)C(=O)O. The zero-order valence-corrected chi connectivity index (χ0v) is 20.4. The Labute approximate surface area is 216 Å². The van der Waals surface area contributed by atoms with Crippen LogP contribution in [0.5, 0.6) is 0 Å². The van der Waals surface area contributed by atoms with Crippen molar-refractivity contribution < 1.29 is 29.4 Å². The third kappa shape index (κ3) is 7.97. The highest BCUT2D eigenvalue weighted by Crippen LogP contribution is 2.05. The fourth-order valence-electron chi connectivity index (χ4n) is 3.57. The first-order valence-corrected chi connectivity index (χ1v) is 11.6. The number of nitrogens with one attached hydrogen (secondary N) is 6. The molecule has 0 bridgehead atoms. The number of aromatic nitrogens is 6. The molecule has 204 valence electrons. The molecule has 0 saturated heterocycles. The monoisotopic (exact) mass is 530 g/mol. The van der Waals surface area contributed by atoms with E-state index >= 15 is 0 Å². The molecule has 16 heteroatoms. The second-order valence-corrected chi connectivity index (χ2v) is 8.64. The van der Waals surface area contributed by atoms with Crippen LogP contribution in [0, 0.1) is 0 Å². The van der Waals surface area contributed by atoms with Crippen LogP contribution in [0.2, 0.25) is 0 Å². The molecule has 0 saturated carbocycles. The number of hydrogen-bond donors (Lipinski definition) is 9. The molecular weight excluding hydrogens is 500 g/mol. The predicted octanol–water partition coefficient (Wildman–Crippen LogP) is -2.87. The van der Waals surface area contributed by atoms with Gasteiger partial charge in [0.15, 0.2) is 0 Å². The molecule has 0 aromatic carbocycles. The number of hydrogen-bond acceptors (Lipinski definition) is 9. The minimum Gasteiger partial charge on any atom is -0.480 e. The van der Waals surface area contributed by atoms with Crippen LogP contribution in [0.3, 0.4) is 0 Å². The molecule has 3 heterocycles. The first kappa shape index (κ1) is 28.0. The molecule has 16 nitrogen and oxygen atoms in total. The third-order valence-corrected chi connectivity index (χ3v) is 5.60. The summed E-state index contributed by atoms with van der Waals surface area (Å²) >= 11 is 0. The van der Waals surface area contributed by atoms with Gasteiger partial charge in [0.05, 0.1) is 31.1 Å². The van der Waals surface area contributed by atoms with Crippen molar-refractivity contribution in [1.82, 2.24) is 45.9 Å². The van der Waals surface area contributed by atoms with E-state index in [0.29, 0.717) is 17.1 Å². The number of rotatable bonds is 14. The van der Waals surface area contributed by atoms with Crippen molar-refractivity contribution in [3.8, 4) is 0 Å². The molecule has 0 aliphatic rings. The summed E-state index contributed by atoms with van der Waals surface area (Å²) in [6, 6.07) is -5.10. The number of nitrogens with two attached hydrogens (primary N) is 1. The molecule has 3 amide bonds. The Kier molecular flexibility index (Phi) is 9.66. The highest BCUT2D eigenvalue weighted by atomic mass is 16.4.